The van der Waals surface area contributed by atoms with E-state index < -0.39 is 0 Å². The summed E-state index contributed by atoms with van der Waals surface area (Å²) in [6, 6.07) is 0. The number of rotatable bonds is 13. The third-order valence-electron chi connectivity index (χ3n) is 3.49. The Morgan fingerprint density at radius 1 is 0.947 bits per heavy atom. The van der Waals surface area contributed by atoms with Crippen LogP contribution >= 0.6 is 11.6 Å². The highest BCUT2D eigenvalue weighted by Gasteiger charge is 2.10. The Morgan fingerprint density at radius 3 is 1.89 bits per heavy atom. The van der Waals surface area contributed by atoms with Crippen molar-refractivity contribution in [2.45, 2.75) is 89.4 Å². The van der Waals surface area contributed by atoms with Crippen molar-refractivity contribution in [2.75, 3.05) is 7.11 Å². The maximum absolute atomic E-state index is 11.0. The molecule has 0 amide bonds. The second-order valence-corrected chi connectivity index (χ2v) is 5.97. The minimum atomic E-state index is -0.202. The Labute approximate surface area is 124 Å². The topological polar surface area (TPSA) is 26.3 Å². The van der Waals surface area contributed by atoms with Gasteiger partial charge >= 0.3 is 5.97 Å². The van der Waals surface area contributed by atoms with Gasteiger partial charge in [0.2, 0.25) is 0 Å². The van der Waals surface area contributed by atoms with Crippen molar-refractivity contribution in [3.8, 4) is 0 Å². The Bertz CT molecular complexity index is 207. The Balaban J connectivity index is 3.16. The van der Waals surface area contributed by atoms with Gasteiger partial charge in [0.15, 0.2) is 0 Å². The zero-order chi connectivity index (χ0) is 14.3. The van der Waals surface area contributed by atoms with Crippen molar-refractivity contribution in [3.05, 3.63) is 0 Å². The van der Waals surface area contributed by atoms with Gasteiger partial charge in [0.05, 0.1) is 13.5 Å². The summed E-state index contributed by atoms with van der Waals surface area (Å²) in [6.45, 7) is 2.25. The summed E-state index contributed by atoms with van der Waals surface area (Å²) < 4.78 is 4.60. The quantitative estimate of drug-likeness (QED) is 0.255. The molecule has 2 nitrogen and oxygen atoms in total. The fourth-order valence-electron chi connectivity index (χ4n) is 2.22. The standard InChI is InChI=1S/C16H31ClO2/c1-3-4-5-6-7-8-9-10-11-12-13-15(17)14-16(18)19-2/h15H,3-14H2,1-2H3. The van der Waals surface area contributed by atoms with E-state index in [0.717, 1.165) is 12.8 Å². The molecule has 0 aliphatic heterocycles. The second-order valence-electron chi connectivity index (χ2n) is 5.35. The fraction of sp³-hybridized carbons (Fsp3) is 0.938. The molecule has 114 valence electrons. The van der Waals surface area contributed by atoms with Crippen molar-refractivity contribution >= 4 is 17.6 Å². The zero-order valence-corrected chi connectivity index (χ0v) is 13.5. The highest BCUT2D eigenvalue weighted by molar-refractivity contribution is 6.21. The lowest BCUT2D eigenvalue weighted by molar-refractivity contribution is -0.140. The van der Waals surface area contributed by atoms with E-state index in [-0.39, 0.29) is 11.3 Å². The van der Waals surface area contributed by atoms with Crippen LogP contribution in [0.4, 0.5) is 0 Å². The van der Waals surface area contributed by atoms with Gasteiger partial charge in [-0.2, -0.15) is 0 Å². The molecule has 1 unspecified atom stereocenters. The molecule has 0 aromatic carbocycles. The van der Waals surface area contributed by atoms with E-state index in [9.17, 15) is 4.79 Å². The average Bonchev–Trinajstić information content (AvgIpc) is 2.40. The van der Waals surface area contributed by atoms with Crippen LogP contribution in [0.1, 0.15) is 84.0 Å². The number of hydrogen-bond donors (Lipinski definition) is 0. The normalized spacial score (nSPS) is 12.4. The predicted molar refractivity (Wildman–Crippen MR) is 82.7 cm³/mol. The molecule has 3 heteroatoms. The van der Waals surface area contributed by atoms with Gasteiger partial charge in [-0.3, -0.25) is 4.79 Å². The van der Waals surface area contributed by atoms with E-state index in [1.807, 2.05) is 0 Å². The molecule has 0 aliphatic carbocycles. The first-order valence-electron chi connectivity index (χ1n) is 7.91. The Hall–Kier alpha value is -0.240. The van der Waals surface area contributed by atoms with Crippen LogP contribution in [0.2, 0.25) is 0 Å². The summed E-state index contributed by atoms with van der Waals surface area (Å²) in [4.78, 5) is 11.0. The molecule has 0 spiro atoms. The van der Waals surface area contributed by atoms with Gasteiger partial charge in [0.1, 0.15) is 0 Å². The monoisotopic (exact) mass is 290 g/mol. The van der Waals surface area contributed by atoms with Crippen LogP contribution < -0.4 is 0 Å². The first-order valence-corrected chi connectivity index (χ1v) is 8.35. The number of halogens is 1. The van der Waals surface area contributed by atoms with E-state index in [4.69, 9.17) is 11.6 Å². The summed E-state index contributed by atoms with van der Waals surface area (Å²) >= 11 is 6.06. The molecule has 0 rings (SSSR count). The molecule has 0 heterocycles. The largest absolute Gasteiger partial charge is 0.469 e. The number of ether oxygens (including phenoxy) is 1. The van der Waals surface area contributed by atoms with E-state index >= 15 is 0 Å². The number of carbonyl (C=O) groups is 1. The summed E-state index contributed by atoms with van der Waals surface area (Å²) in [6.07, 6.45) is 14.5. The highest BCUT2D eigenvalue weighted by Crippen LogP contribution is 2.15. The van der Waals surface area contributed by atoms with Crippen LogP contribution in [0.15, 0.2) is 0 Å². The summed E-state index contributed by atoms with van der Waals surface area (Å²) in [7, 11) is 1.41. The summed E-state index contributed by atoms with van der Waals surface area (Å²) in [5.41, 5.74) is 0. The van der Waals surface area contributed by atoms with Crippen molar-refractivity contribution in [3.63, 3.8) is 0 Å². The summed E-state index contributed by atoms with van der Waals surface area (Å²) in [5.74, 6) is -0.202. The van der Waals surface area contributed by atoms with Gasteiger partial charge in [-0.05, 0) is 6.42 Å². The van der Waals surface area contributed by atoms with E-state index in [1.54, 1.807) is 0 Å². The molecule has 0 fully saturated rings. The van der Waals surface area contributed by atoms with E-state index in [0.29, 0.717) is 6.42 Å². The maximum Gasteiger partial charge on any atom is 0.307 e. The molecule has 0 saturated heterocycles. The lowest BCUT2D eigenvalue weighted by Gasteiger charge is -2.07. The molecule has 0 radical (unpaired) electrons. The predicted octanol–water partition coefficient (Wildman–Crippen LogP) is 5.47. The molecule has 0 aromatic heterocycles. The minimum Gasteiger partial charge on any atom is -0.469 e. The van der Waals surface area contributed by atoms with Gasteiger partial charge in [0, 0.05) is 5.38 Å². The van der Waals surface area contributed by atoms with Crippen molar-refractivity contribution in [2.24, 2.45) is 0 Å². The third kappa shape index (κ3) is 14.0. The zero-order valence-electron chi connectivity index (χ0n) is 12.8. The minimum absolute atomic E-state index is 0.0542. The Morgan fingerprint density at radius 2 is 1.42 bits per heavy atom. The number of alkyl halides is 1. The van der Waals surface area contributed by atoms with Gasteiger partial charge in [-0.15, -0.1) is 11.6 Å². The lowest BCUT2D eigenvalue weighted by atomic mass is 10.0. The molecule has 0 N–H and O–H groups in total. The second kappa shape index (κ2) is 14.2. The van der Waals surface area contributed by atoms with Crippen molar-refractivity contribution < 1.29 is 9.53 Å². The molecule has 0 bridgehead atoms. The maximum atomic E-state index is 11.0. The molecular weight excluding hydrogens is 260 g/mol. The molecule has 1 atom stereocenters. The first-order chi connectivity index (χ1) is 9.20. The third-order valence-corrected chi connectivity index (χ3v) is 3.86. The van der Waals surface area contributed by atoms with Crippen LogP contribution in [0.5, 0.6) is 0 Å². The molecule has 0 aromatic rings. The van der Waals surface area contributed by atoms with Crippen LogP contribution in [-0.4, -0.2) is 18.5 Å². The van der Waals surface area contributed by atoms with Gasteiger partial charge < -0.3 is 4.74 Å². The molecule has 19 heavy (non-hydrogen) atoms. The van der Waals surface area contributed by atoms with Gasteiger partial charge in [0.25, 0.3) is 0 Å². The smallest absolute Gasteiger partial charge is 0.307 e. The van der Waals surface area contributed by atoms with Gasteiger partial charge in [-0.1, -0.05) is 71.1 Å². The fourth-order valence-corrected chi connectivity index (χ4v) is 2.50. The van der Waals surface area contributed by atoms with Gasteiger partial charge in [-0.25, -0.2) is 0 Å². The number of methoxy groups -OCH3 is 1. The van der Waals surface area contributed by atoms with Crippen LogP contribution in [0.25, 0.3) is 0 Å². The Kier molecular flexibility index (Phi) is 14.0. The van der Waals surface area contributed by atoms with E-state index in [2.05, 4.69) is 11.7 Å². The van der Waals surface area contributed by atoms with Crippen LogP contribution in [0, 0.1) is 0 Å². The number of esters is 1. The first kappa shape index (κ1) is 18.8. The number of unbranched alkanes of at least 4 members (excludes halogenated alkanes) is 9. The lowest BCUT2D eigenvalue weighted by Crippen LogP contribution is -2.09. The SMILES string of the molecule is CCCCCCCCCCCCC(Cl)CC(=O)OC. The van der Waals surface area contributed by atoms with Crippen molar-refractivity contribution in [1.29, 1.82) is 0 Å². The number of carbonyl (C=O) groups excluding carboxylic acids is 1. The summed E-state index contributed by atoms with van der Waals surface area (Å²) in [5, 5.41) is -0.0542. The van der Waals surface area contributed by atoms with E-state index in [1.165, 1.54) is 64.9 Å². The highest BCUT2D eigenvalue weighted by atomic mass is 35.5. The molecular formula is C16H31ClO2. The average molecular weight is 291 g/mol. The van der Waals surface area contributed by atoms with Crippen LogP contribution in [0.3, 0.4) is 0 Å². The van der Waals surface area contributed by atoms with Crippen LogP contribution in [-0.2, 0) is 9.53 Å². The van der Waals surface area contributed by atoms with Crippen molar-refractivity contribution in [1.82, 2.24) is 0 Å². The molecule has 0 saturated carbocycles. The number of hydrogen-bond acceptors (Lipinski definition) is 2. The molecule has 0 aliphatic rings.